The van der Waals surface area contributed by atoms with Crippen molar-refractivity contribution in [1.29, 1.82) is 0 Å². The van der Waals surface area contributed by atoms with Gasteiger partial charge in [0.05, 0.1) is 13.2 Å². The fraction of sp³-hybridized carbons (Fsp3) is 0.842. The molecule has 1 heterocycles. The van der Waals surface area contributed by atoms with Crippen LogP contribution < -0.4 is 16.4 Å². The molecular weight excluding hydrogens is 348 g/mol. The van der Waals surface area contributed by atoms with Gasteiger partial charge in [-0.15, -0.1) is 0 Å². The normalized spacial score (nSPS) is 20.6. The lowest BCUT2D eigenvalue weighted by molar-refractivity contribution is -0.129. The Morgan fingerprint density at radius 2 is 1.81 bits per heavy atom. The number of nitrogens with two attached hydrogens (primary N) is 1. The largest absolute Gasteiger partial charge is 0.378 e. The van der Waals surface area contributed by atoms with Gasteiger partial charge in [0.1, 0.15) is 5.54 Å². The highest BCUT2D eigenvalue weighted by atomic mass is 16.5. The van der Waals surface area contributed by atoms with Crippen LogP contribution in [-0.2, 0) is 14.3 Å². The van der Waals surface area contributed by atoms with Gasteiger partial charge in [-0.05, 0) is 19.3 Å². The van der Waals surface area contributed by atoms with Crippen LogP contribution in [0.5, 0.6) is 0 Å². The molecule has 1 atom stereocenters. The predicted octanol–water partition coefficient (Wildman–Crippen LogP) is 1.28. The number of rotatable bonds is 8. The van der Waals surface area contributed by atoms with Crippen molar-refractivity contribution in [2.45, 2.75) is 76.3 Å². The number of nitrogens with zero attached hydrogens (tertiary/aromatic N) is 1. The molecule has 4 amide bonds. The van der Waals surface area contributed by atoms with Gasteiger partial charge in [0.15, 0.2) is 0 Å². The second-order valence-corrected chi connectivity index (χ2v) is 7.66. The molecule has 1 aliphatic carbocycles. The van der Waals surface area contributed by atoms with Gasteiger partial charge < -0.3 is 26.0 Å². The molecule has 2 fully saturated rings. The second-order valence-electron chi connectivity index (χ2n) is 7.66. The summed E-state index contributed by atoms with van der Waals surface area (Å²) in [5, 5.41) is 6.02. The molecule has 0 radical (unpaired) electrons. The molecule has 0 unspecified atom stereocenters. The predicted molar refractivity (Wildman–Crippen MR) is 102 cm³/mol. The molecule has 8 heteroatoms. The quantitative estimate of drug-likeness (QED) is 0.587. The monoisotopic (exact) mass is 382 g/mol. The molecule has 2 rings (SSSR count). The molecule has 27 heavy (non-hydrogen) atoms. The van der Waals surface area contributed by atoms with Crippen molar-refractivity contribution < 1.29 is 19.1 Å². The van der Waals surface area contributed by atoms with E-state index in [-0.39, 0.29) is 24.4 Å². The first-order chi connectivity index (χ1) is 13.0. The number of ether oxygens (including phenoxy) is 1. The number of nitrogens with one attached hydrogen (secondary N) is 2. The summed E-state index contributed by atoms with van der Waals surface area (Å²) in [6, 6.07) is -0.496. The highest BCUT2D eigenvalue weighted by Gasteiger charge is 2.42. The molecule has 1 saturated carbocycles. The van der Waals surface area contributed by atoms with Crippen LogP contribution in [0.2, 0.25) is 0 Å². The smallest absolute Gasteiger partial charge is 0.318 e. The molecule has 0 spiro atoms. The van der Waals surface area contributed by atoms with E-state index in [2.05, 4.69) is 17.6 Å². The molecule has 1 saturated heterocycles. The van der Waals surface area contributed by atoms with E-state index in [0.29, 0.717) is 45.6 Å². The number of morpholine rings is 1. The summed E-state index contributed by atoms with van der Waals surface area (Å²) in [4.78, 5) is 39.0. The zero-order chi connectivity index (χ0) is 19.7. The highest BCUT2D eigenvalue weighted by Crippen LogP contribution is 2.29. The Kier molecular flexibility index (Phi) is 8.34. The van der Waals surface area contributed by atoms with E-state index in [4.69, 9.17) is 10.5 Å². The molecule has 2 aliphatic rings. The summed E-state index contributed by atoms with van der Waals surface area (Å²) in [7, 11) is 0. The lowest BCUT2D eigenvalue weighted by Crippen LogP contribution is -2.63. The van der Waals surface area contributed by atoms with Gasteiger partial charge in [-0.1, -0.05) is 39.0 Å². The molecule has 154 valence electrons. The number of carbonyl (C=O) groups is 3. The molecular formula is C19H34N4O4. The summed E-state index contributed by atoms with van der Waals surface area (Å²) in [6.45, 7) is 4.16. The fourth-order valence-electron chi connectivity index (χ4n) is 3.86. The average molecular weight is 383 g/mol. The van der Waals surface area contributed by atoms with E-state index < -0.39 is 11.4 Å². The van der Waals surface area contributed by atoms with Gasteiger partial charge in [-0.3, -0.25) is 9.59 Å². The zero-order valence-corrected chi connectivity index (χ0v) is 16.4. The molecule has 4 N–H and O–H groups in total. The first-order valence-electron chi connectivity index (χ1n) is 10.2. The Morgan fingerprint density at radius 1 is 1.15 bits per heavy atom. The number of carbonyl (C=O) groups excluding carboxylic acids is 3. The van der Waals surface area contributed by atoms with Crippen molar-refractivity contribution in [2.75, 3.05) is 26.3 Å². The molecule has 8 nitrogen and oxygen atoms in total. The van der Waals surface area contributed by atoms with Crippen LogP contribution in [0.1, 0.15) is 64.7 Å². The first-order valence-corrected chi connectivity index (χ1v) is 10.2. The zero-order valence-electron chi connectivity index (χ0n) is 16.4. The highest BCUT2D eigenvalue weighted by molar-refractivity contribution is 5.91. The minimum atomic E-state index is -0.907. The summed E-state index contributed by atoms with van der Waals surface area (Å²) in [5.74, 6) is -0.613. The Morgan fingerprint density at radius 3 is 2.41 bits per heavy atom. The Labute approximate surface area is 161 Å². The van der Waals surface area contributed by atoms with Crippen molar-refractivity contribution >= 4 is 17.8 Å². The van der Waals surface area contributed by atoms with Crippen molar-refractivity contribution in [3.63, 3.8) is 0 Å². The maximum absolute atomic E-state index is 13.2. The average Bonchev–Trinajstić information content (AvgIpc) is 2.67. The Balaban J connectivity index is 2.06. The van der Waals surface area contributed by atoms with Crippen LogP contribution in [0.15, 0.2) is 0 Å². The first kappa shape index (κ1) is 21.5. The van der Waals surface area contributed by atoms with Crippen LogP contribution in [0.25, 0.3) is 0 Å². The lowest BCUT2D eigenvalue weighted by Gasteiger charge is -2.39. The van der Waals surface area contributed by atoms with Gasteiger partial charge in [-0.25, -0.2) is 4.79 Å². The van der Waals surface area contributed by atoms with Gasteiger partial charge in [0.2, 0.25) is 11.8 Å². The molecule has 0 aromatic heterocycles. The van der Waals surface area contributed by atoms with Crippen LogP contribution in [-0.4, -0.2) is 60.6 Å². The van der Waals surface area contributed by atoms with Crippen molar-refractivity contribution in [3.8, 4) is 0 Å². The number of amides is 4. The number of urea groups is 1. The van der Waals surface area contributed by atoms with Crippen molar-refractivity contribution in [3.05, 3.63) is 0 Å². The third-order valence-electron chi connectivity index (χ3n) is 5.48. The Bertz CT molecular complexity index is 514. The Hall–Kier alpha value is -1.83. The minimum Gasteiger partial charge on any atom is -0.378 e. The molecule has 0 aromatic carbocycles. The molecule has 0 bridgehead atoms. The summed E-state index contributed by atoms with van der Waals surface area (Å²) in [5.41, 5.74) is 4.44. The van der Waals surface area contributed by atoms with E-state index in [1.165, 1.54) is 0 Å². The van der Waals surface area contributed by atoms with E-state index in [9.17, 15) is 14.4 Å². The number of hydrogen-bond acceptors (Lipinski definition) is 4. The van der Waals surface area contributed by atoms with Gasteiger partial charge >= 0.3 is 6.03 Å². The van der Waals surface area contributed by atoms with Crippen molar-refractivity contribution in [1.82, 2.24) is 15.5 Å². The number of primary amides is 1. The summed E-state index contributed by atoms with van der Waals surface area (Å²) < 4.78 is 5.29. The number of unbranched alkanes of at least 4 members (excludes halogenated alkanes) is 1. The standard InChI is InChI=1S/C19H34N4O4/c1-2-3-7-15(14-16(20)24)21-17(25)19(8-5-4-6-9-19)22-18(26)23-10-12-27-13-11-23/h15H,2-14H2,1H3,(H2,20,24)(H,21,25)(H,22,26)/t15-/m0/s1. The topological polar surface area (TPSA) is 114 Å². The maximum atomic E-state index is 13.2. The molecule has 0 aromatic rings. The van der Waals surface area contributed by atoms with Crippen LogP contribution in [0.3, 0.4) is 0 Å². The van der Waals surface area contributed by atoms with E-state index in [1.54, 1.807) is 4.90 Å². The third-order valence-corrected chi connectivity index (χ3v) is 5.48. The third kappa shape index (κ3) is 6.37. The fourth-order valence-corrected chi connectivity index (χ4v) is 3.86. The minimum absolute atomic E-state index is 0.124. The van der Waals surface area contributed by atoms with Crippen molar-refractivity contribution in [2.24, 2.45) is 5.73 Å². The van der Waals surface area contributed by atoms with E-state index in [1.807, 2.05) is 0 Å². The SMILES string of the molecule is CCCC[C@@H](CC(N)=O)NC(=O)C1(NC(=O)N2CCOCC2)CCCCC1. The van der Waals surface area contributed by atoms with E-state index in [0.717, 1.165) is 32.1 Å². The van der Waals surface area contributed by atoms with E-state index >= 15 is 0 Å². The number of hydrogen-bond donors (Lipinski definition) is 3. The van der Waals surface area contributed by atoms with Gasteiger partial charge in [-0.2, -0.15) is 0 Å². The van der Waals surface area contributed by atoms with Crippen LogP contribution >= 0.6 is 0 Å². The maximum Gasteiger partial charge on any atom is 0.318 e. The van der Waals surface area contributed by atoms with Gasteiger partial charge in [0, 0.05) is 25.6 Å². The van der Waals surface area contributed by atoms with Crippen LogP contribution in [0, 0.1) is 0 Å². The van der Waals surface area contributed by atoms with Crippen LogP contribution in [0.4, 0.5) is 4.79 Å². The molecule has 1 aliphatic heterocycles. The summed E-state index contributed by atoms with van der Waals surface area (Å²) >= 11 is 0. The second kappa shape index (κ2) is 10.5. The lowest BCUT2D eigenvalue weighted by atomic mass is 9.80. The van der Waals surface area contributed by atoms with Gasteiger partial charge in [0.25, 0.3) is 0 Å². The summed E-state index contributed by atoms with van der Waals surface area (Å²) in [6.07, 6.45) is 6.80.